The van der Waals surface area contributed by atoms with E-state index in [1.165, 1.54) is 6.07 Å². The van der Waals surface area contributed by atoms with Gasteiger partial charge in [0.05, 0.1) is 16.6 Å². The number of nitrogens with one attached hydrogen (secondary N) is 1. The lowest BCUT2D eigenvalue weighted by Crippen LogP contribution is -1.98. The van der Waals surface area contributed by atoms with Crippen molar-refractivity contribution >= 4 is 34.9 Å². The van der Waals surface area contributed by atoms with Crippen LogP contribution in [0.15, 0.2) is 28.7 Å². The molecule has 100 valence electrons. The summed E-state index contributed by atoms with van der Waals surface area (Å²) >= 11 is 11.7. The highest BCUT2D eigenvalue weighted by Gasteiger charge is 2.13. The zero-order valence-corrected chi connectivity index (χ0v) is 11.5. The van der Waals surface area contributed by atoms with E-state index in [4.69, 9.17) is 32.7 Å². The van der Waals surface area contributed by atoms with Gasteiger partial charge in [0.15, 0.2) is 0 Å². The van der Waals surface area contributed by atoms with Gasteiger partial charge >= 0.3 is 5.97 Å². The molecule has 19 heavy (non-hydrogen) atoms. The van der Waals surface area contributed by atoms with Crippen molar-refractivity contribution in [3.63, 3.8) is 0 Å². The van der Waals surface area contributed by atoms with Crippen molar-refractivity contribution in [2.45, 2.75) is 13.5 Å². The highest BCUT2D eigenvalue weighted by molar-refractivity contribution is 6.42. The summed E-state index contributed by atoms with van der Waals surface area (Å²) in [7, 11) is 0. The fraction of sp³-hybridized carbons (Fsp3) is 0.154. The fourth-order valence-electron chi connectivity index (χ4n) is 1.64. The van der Waals surface area contributed by atoms with Gasteiger partial charge in [-0.25, -0.2) is 4.79 Å². The molecule has 4 nitrogen and oxygen atoms in total. The molecular formula is C13H11Cl2NO3. The van der Waals surface area contributed by atoms with Gasteiger partial charge in [0.2, 0.25) is 0 Å². The number of hydrogen-bond acceptors (Lipinski definition) is 3. The van der Waals surface area contributed by atoms with Crippen LogP contribution in [0.2, 0.25) is 10.0 Å². The van der Waals surface area contributed by atoms with E-state index in [1.54, 1.807) is 25.1 Å². The van der Waals surface area contributed by atoms with Gasteiger partial charge in [0.25, 0.3) is 0 Å². The van der Waals surface area contributed by atoms with Crippen LogP contribution in [0.5, 0.6) is 0 Å². The molecule has 0 fully saturated rings. The predicted molar refractivity (Wildman–Crippen MR) is 74.2 cm³/mol. The second-order valence-corrected chi connectivity index (χ2v) is 4.78. The molecule has 0 saturated heterocycles. The van der Waals surface area contributed by atoms with Crippen LogP contribution in [0.1, 0.15) is 21.9 Å². The van der Waals surface area contributed by atoms with Gasteiger partial charge in [-0.2, -0.15) is 0 Å². The zero-order valence-electron chi connectivity index (χ0n) is 10.0. The molecule has 0 atom stereocenters. The van der Waals surface area contributed by atoms with Crippen LogP contribution >= 0.6 is 23.2 Å². The smallest absolute Gasteiger partial charge is 0.339 e. The molecule has 2 aromatic rings. The summed E-state index contributed by atoms with van der Waals surface area (Å²) in [6.07, 6.45) is 0. The maximum atomic E-state index is 10.9. The first-order valence-electron chi connectivity index (χ1n) is 5.49. The number of hydrogen-bond donors (Lipinski definition) is 2. The van der Waals surface area contributed by atoms with E-state index in [0.717, 1.165) is 5.69 Å². The van der Waals surface area contributed by atoms with Crippen molar-refractivity contribution in [1.29, 1.82) is 0 Å². The zero-order chi connectivity index (χ0) is 14.0. The van der Waals surface area contributed by atoms with Crippen LogP contribution in [0.4, 0.5) is 5.69 Å². The first-order valence-corrected chi connectivity index (χ1v) is 6.24. The number of anilines is 1. The van der Waals surface area contributed by atoms with E-state index in [2.05, 4.69) is 5.32 Å². The van der Waals surface area contributed by atoms with Crippen molar-refractivity contribution in [2.75, 3.05) is 5.32 Å². The van der Waals surface area contributed by atoms with Crippen LogP contribution in [0.3, 0.4) is 0 Å². The Morgan fingerprint density at radius 2 is 2.05 bits per heavy atom. The van der Waals surface area contributed by atoms with Crippen molar-refractivity contribution in [3.05, 3.63) is 51.4 Å². The molecule has 0 unspecified atom stereocenters. The van der Waals surface area contributed by atoms with Gasteiger partial charge in [-0.3, -0.25) is 0 Å². The minimum absolute atomic E-state index is 0.172. The largest absolute Gasteiger partial charge is 0.478 e. The SMILES string of the molecule is Cc1oc(CNc2ccc(Cl)c(Cl)c2)cc1C(=O)O. The summed E-state index contributed by atoms with van der Waals surface area (Å²) in [6, 6.07) is 6.66. The summed E-state index contributed by atoms with van der Waals surface area (Å²) in [4.78, 5) is 10.9. The molecule has 2 rings (SSSR count). The Labute approximate surface area is 119 Å². The summed E-state index contributed by atoms with van der Waals surface area (Å²) in [5, 5.41) is 12.9. The van der Waals surface area contributed by atoms with E-state index in [1.807, 2.05) is 0 Å². The van der Waals surface area contributed by atoms with Crippen molar-refractivity contribution in [2.24, 2.45) is 0 Å². The molecule has 1 aromatic heterocycles. The molecule has 0 aliphatic rings. The van der Waals surface area contributed by atoms with E-state index < -0.39 is 5.97 Å². The molecule has 2 N–H and O–H groups in total. The fourth-order valence-corrected chi connectivity index (χ4v) is 1.94. The lowest BCUT2D eigenvalue weighted by atomic mass is 10.2. The number of carboxylic acids is 1. The lowest BCUT2D eigenvalue weighted by molar-refractivity contribution is 0.0695. The molecule has 0 radical (unpaired) electrons. The molecule has 6 heteroatoms. The predicted octanol–water partition coefficient (Wildman–Crippen LogP) is 4.21. The van der Waals surface area contributed by atoms with E-state index in [9.17, 15) is 4.79 Å². The van der Waals surface area contributed by atoms with E-state index in [-0.39, 0.29) is 5.56 Å². The third-order valence-electron chi connectivity index (χ3n) is 2.59. The highest BCUT2D eigenvalue weighted by atomic mass is 35.5. The summed E-state index contributed by atoms with van der Waals surface area (Å²) in [5.41, 5.74) is 0.950. The Bertz CT molecular complexity index is 622. The minimum atomic E-state index is -0.998. The third-order valence-corrected chi connectivity index (χ3v) is 3.32. The van der Waals surface area contributed by atoms with Crippen LogP contribution in [-0.4, -0.2) is 11.1 Å². The number of rotatable bonds is 4. The lowest BCUT2D eigenvalue weighted by Gasteiger charge is -2.05. The Morgan fingerprint density at radius 1 is 1.32 bits per heavy atom. The number of aryl methyl sites for hydroxylation is 1. The van der Waals surface area contributed by atoms with Crippen LogP contribution in [0.25, 0.3) is 0 Å². The Morgan fingerprint density at radius 3 is 2.63 bits per heavy atom. The monoisotopic (exact) mass is 299 g/mol. The van der Waals surface area contributed by atoms with Gasteiger partial charge in [-0.1, -0.05) is 23.2 Å². The number of halogens is 2. The molecule has 0 amide bonds. The molecule has 0 aliphatic heterocycles. The number of furan rings is 1. The van der Waals surface area contributed by atoms with Crippen molar-refractivity contribution in [3.8, 4) is 0 Å². The van der Waals surface area contributed by atoms with Crippen LogP contribution < -0.4 is 5.32 Å². The number of carboxylic acid groups (broad SMARTS) is 1. The molecule has 1 heterocycles. The summed E-state index contributed by atoms with van der Waals surface area (Å²) in [6.45, 7) is 1.98. The van der Waals surface area contributed by atoms with Crippen molar-refractivity contribution < 1.29 is 14.3 Å². The Hall–Kier alpha value is -1.65. The van der Waals surface area contributed by atoms with Gasteiger partial charge in [0.1, 0.15) is 17.1 Å². The average Bonchev–Trinajstić information content (AvgIpc) is 2.72. The van der Waals surface area contributed by atoms with Gasteiger partial charge < -0.3 is 14.8 Å². The number of aromatic carboxylic acids is 1. The first kappa shape index (κ1) is 13.8. The Kier molecular flexibility index (Phi) is 4.02. The summed E-state index contributed by atoms with van der Waals surface area (Å²) < 4.78 is 5.35. The average molecular weight is 300 g/mol. The first-order chi connectivity index (χ1) is 8.97. The van der Waals surface area contributed by atoms with E-state index in [0.29, 0.717) is 28.1 Å². The number of carbonyl (C=O) groups is 1. The normalized spacial score (nSPS) is 10.5. The quantitative estimate of drug-likeness (QED) is 0.888. The molecule has 1 aromatic carbocycles. The standard InChI is InChI=1S/C13H11Cl2NO3/c1-7-10(13(17)18)5-9(19-7)6-16-8-2-3-11(14)12(15)4-8/h2-5,16H,6H2,1H3,(H,17,18). The molecule has 0 saturated carbocycles. The van der Waals surface area contributed by atoms with Crippen LogP contribution in [-0.2, 0) is 6.54 Å². The topological polar surface area (TPSA) is 62.5 Å². The molecule has 0 bridgehead atoms. The molecule has 0 spiro atoms. The van der Waals surface area contributed by atoms with Gasteiger partial charge in [0, 0.05) is 5.69 Å². The summed E-state index contributed by atoms with van der Waals surface area (Å²) in [5.74, 6) is -0.0681. The highest BCUT2D eigenvalue weighted by Crippen LogP contribution is 2.25. The maximum Gasteiger partial charge on any atom is 0.339 e. The second-order valence-electron chi connectivity index (χ2n) is 3.97. The maximum absolute atomic E-state index is 10.9. The molecule has 0 aliphatic carbocycles. The molecular weight excluding hydrogens is 289 g/mol. The minimum Gasteiger partial charge on any atom is -0.478 e. The third kappa shape index (κ3) is 3.22. The van der Waals surface area contributed by atoms with Crippen LogP contribution in [0, 0.1) is 6.92 Å². The second kappa shape index (κ2) is 5.55. The number of benzene rings is 1. The van der Waals surface area contributed by atoms with Crippen molar-refractivity contribution in [1.82, 2.24) is 0 Å². The van der Waals surface area contributed by atoms with Gasteiger partial charge in [-0.15, -0.1) is 0 Å². The Balaban J connectivity index is 2.08. The van der Waals surface area contributed by atoms with Gasteiger partial charge in [-0.05, 0) is 31.2 Å². The van der Waals surface area contributed by atoms with E-state index >= 15 is 0 Å².